The highest BCUT2D eigenvalue weighted by atomic mass is 35.5. The predicted molar refractivity (Wildman–Crippen MR) is 118 cm³/mol. The molecule has 6 nitrogen and oxygen atoms in total. The lowest BCUT2D eigenvalue weighted by Gasteiger charge is -2.31. The molecule has 1 aliphatic heterocycles. The van der Waals surface area contributed by atoms with Crippen molar-refractivity contribution < 1.29 is 28.4 Å². The van der Waals surface area contributed by atoms with Gasteiger partial charge in [-0.1, -0.05) is 36.2 Å². The summed E-state index contributed by atoms with van der Waals surface area (Å²) >= 11 is 12.6. The van der Waals surface area contributed by atoms with Gasteiger partial charge in [-0.25, -0.2) is 8.78 Å². The average molecular weight is 485 g/mol. The zero-order valence-electron chi connectivity index (χ0n) is 17.1. The van der Waals surface area contributed by atoms with Crippen LogP contribution >= 0.6 is 23.2 Å². The first-order chi connectivity index (χ1) is 15.0. The van der Waals surface area contributed by atoms with Crippen LogP contribution in [0.3, 0.4) is 0 Å². The third-order valence-electron chi connectivity index (χ3n) is 5.41. The van der Waals surface area contributed by atoms with Crippen LogP contribution in [0.25, 0.3) is 0 Å². The van der Waals surface area contributed by atoms with Crippen molar-refractivity contribution in [2.75, 3.05) is 13.1 Å². The molecule has 2 amide bonds. The Morgan fingerprint density at radius 1 is 1.25 bits per heavy atom. The Balaban J connectivity index is 1.80. The van der Waals surface area contributed by atoms with Crippen LogP contribution in [0.5, 0.6) is 0 Å². The highest BCUT2D eigenvalue weighted by Gasteiger charge is 2.42. The van der Waals surface area contributed by atoms with Crippen LogP contribution in [-0.4, -0.2) is 47.0 Å². The van der Waals surface area contributed by atoms with E-state index in [1.165, 1.54) is 29.2 Å². The maximum atomic E-state index is 14.6. The fraction of sp³-hybridized carbons (Fsp3) is 0.333. The smallest absolute Gasteiger partial charge is 0.423 e. The Morgan fingerprint density at radius 2 is 1.97 bits per heavy atom. The average Bonchev–Trinajstić information content (AvgIpc) is 2.76. The fourth-order valence-electron chi connectivity index (χ4n) is 3.48. The molecule has 1 aromatic carbocycles. The first kappa shape index (κ1) is 24.4. The number of halogens is 4. The van der Waals surface area contributed by atoms with Gasteiger partial charge in [-0.05, 0) is 48.7 Å². The van der Waals surface area contributed by atoms with E-state index in [-0.39, 0.29) is 42.4 Å². The number of hydrogen-bond acceptors (Lipinski definition) is 4. The topological polar surface area (TPSA) is 89.9 Å². The van der Waals surface area contributed by atoms with E-state index in [2.05, 4.69) is 5.32 Å². The summed E-state index contributed by atoms with van der Waals surface area (Å²) in [5.74, 6) is -2.91. The van der Waals surface area contributed by atoms with Crippen molar-refractivity contribution in [1.29, 1.82) is 0 Å². The van der Waals surface area contributed by atoms with E-state index >= 15 is 0 Å². The Hall–Kier alpha value is -2.20. The minimum absolute atomic E-state index is 0.0190. The van der Waals surface area contributed by atoms with E-state index in [4.69, 9.17) is 23.2 Å². The van der Waals surface area contributed by atoms with Gasteiger partial charge in [0, 0.05) is 35.8 Å². The summed E-state index contributed by atoms with van der Waals surface area (Å²) in [4.78, 5) is 26.8. The van der Waals surface area contributed by atoms with E-state index in [1.807, 2.05) is 0 Å². The molecule has 0 aromatic heterocycles. The number of alkyl halides is 2. The molecular weight excluding hydrogens is 464 g/mol. The SMILES string of the molecule is CC1CC(NC(=O)c2ccc(F)c(C(Cl)(Cl)C(=O)N3CC=C(B(O)O)CC3)c2)=CC=C1F. The number of hydrogen-bond donors (Lipinski definition) is 3. The van der Waals surface area contributed by atoms with Crippen LogP contribution in [0.4, 0.5) is 8.78 Å². The van der Waals surface area contributed by atoms with Gasteiger partial charge in [0.1, 0.15) is 11.6 Å². The van der Waals surface area contributed by atoms with E-state index < -0.39 is 29.1 Å². The van der Waals surface area contributed by atoms with Gasteiger partial charge in [0.2, 0.25) is 4.33 Å². The highest BCUT2D eigenvalue weighted by molar-refractivity contribution is 6.57. The molecule has 0 spiro atoms. The molecule has 1 aliphatic carbocycles. The number of carbonyl (C=O) groups excluding carboxylic acids is 2. The first-order valence-corrected chi connectivity index (χ1v) is 10.7. The summed E-state index contributed by atoms with van der Waals surface area (Å²) in [6, 6.07) is 3.32. The van der Waals surface area contributed by atoms with Crippen molar-refractivity contribution >= 4 is 42.1 Å². The van der Waals surface area contributed by atoms with Gasteiger partial charge in [-0.15, -0.1) is 0 Å². The van der Waals surface area contributed by atoms with Crippen LogP contribution in [0.1, 0.15) is 35.7 Å². The monoisotopic (exact) mass is 484 g/mol. The molecule has 3 N–H and O–H groups in total. The molecule has 0 radical (unpaired) electrons. The number of nitrogens with zero attached hydrogens (tertiary/aromatic N) is 1. The fourth-order valence-corrected chi connectivity index (χ4v) is 4.00. The maximum Gasteiger partial charge on any atom is 0.483 e. The van der Waals surface area contributed by atoms with Gasteiger partial charge >= 0.3 is 7.12 Å². The predicted octanol–water partition coefficient (Wildman–Crippen LogP) is 3.13. The van der Waals surface area contributed by atoms with Gasteiger partial charge in [-0.3, -0.25) is 9.59 Å². The lowest BCUT2D eigenvalue weighted by Crippen LogP contribution is -2.44. The van der Waals surface area contributed by atoms with Crippen LogP contribution in [0, 0.1) is 11.7 Å². The molecule has 11 heteroatoms. The number of rotatable bonds is 5. The summed E-state index contributed by atoms with van der Waals surface area (Å²) < 4.78 is 25.8. The molecule has 1 heterocycles. The second-order valence-corrected chi connectivity index (χ2v) is 9.05. The van der Waals surface area contributed by atoms with Crippen molar-refractivity contribution in [3.63, 3.8) is 0 Å². The van der Waals surface area contributed by atoms with Gasteiger partial charge in [0.05, 0.1) is 0 Å². The lowest BCUT2D eigenvalue weighted by molar-refractivity contribution is -0.131. The molecule has 0 fully saturated rings. The summed E-state index contributed by atoms with van der Waals surface area (Å²) in [6.45, 7) is 1.81. The molecule has 1 unspecified atom stereocenters. The molecule has 170 valence electrons. The minimum Gasteiger partial charge on any atom is -0.423 e. The van der Waals surface area contributed by atoms with Crippen molar-refractivity contribution in [2.24, 2.45) is 5.92 Å². The van der Waals surface area contributed by atoms with Crippen molar-refractivity contribution in [3.8, 4) is 0 Å². The van der Waals surface area contributed by atoms with Crippen LogP contribution in [0.2, 0.25) is 0 Å². The zero-order chi connectivity index (χ0) is 23.6. The summed E-state index contributed by atoms with van der Waals surface area (Å²) in [6.07, 6.45) is 4.68. The molecular formula is C21H21BCl2F2N2O4. The first-order valence-electron chi connectivity index (χ1n) is 9.90. The molecule has 2 aliphatic rings. The second kappa shape index (κ2) is 9.74. The largest absolute Gasteiger partial charge is 0.483 e. The lowest BCUT2D eigenvalue weighted by atomic mass is 9.76. The molecule has 0 saturated heterocycles. The van der Waals surface area contributed by atoms with Crippen LogP contribution in [0.15, 0.2) is 53.4 Å². The second-order valence-electron chi connectivity index (χ2n) is 7.73. The van der Waals surface area contributed by atoms with Crippen LogP contribution < -0.4 is 5.32 Å². The molecule has 0 saturated carbocycles. The van der Waals surface area contributed by atoms with Gasteiger partial charge in [0.15, 0.2) is 0 Å². The maximum absolute atomic E-state index is 14.6. The third kappa shape index (κ3) is 5.23. The third-order valence-corrected chi connectivity index (χ3v) is 6.14. The number of benzene rings is 1. The molecule has 1 atom stereocenters. The molecule has 0 bridgehead atoms. The molecule has 32 heavy (non-hydrogen) atoms. The van der Waals surface area contributed by atoms with E-state index in [0.717, 1.165) is 12.1 Å². The minimum atomic E-state index is -2.31. The molecule has 3 rings (SSSR count). The molecule has 1 aromatic rings. The summed E-state index contributed by atoms with van der Waals surface area (Å²) in [5.41, 5.74) is 0.491. The quantitative estimate of drug-likeness (QED) is 0.442. The number of nitrogens with one attached hydrogen (secondary N) is 1. The van der Waals surface area contributed by atoms with Crippen molar-refractivity contribution in [2.45, 2.75) is 24.1 Å². The van der Waals surface area contributed by atoms with E-state index in [1.54, 1.807) is 6.92 Å². The van der Waals surface area contributed by atoms with Gasteiger partial charge in [-0.2, -0.15) is 0 Å². The standard InChI is InChI=1S/C21H21BCl2F2N2O4/c1-12-10-15(3-5-17(12)25)27-19(29)13-2-4-18(26)16(11-13)21(23,24)20(30)28-8-6-14(7-9-28)22(31)32/h2-6,11-12,31-32H,7-10H2,1H3,(H,27,29). The van der Waals surface area contributed by atoms with E-state index in [0.29, 0.717) is 17.6 Å². The number of carbonyl (C=O) groups is 2. The zero-order valence-corrected chi connectivity index (χ0v) is 18.6. The highest BCUT2D eigenvalue weighted by Crippen LogP contribution is 2.38. The Kier molecular flexibility index (Phi) is 7.44. The van der Waals surface area contributed by atoms with Crippen molar-refractivity contribution in [3.05, 3.63) is 70.4 Å². The number of amides is 2. The van der Waals surface area contributed by atoms with Crippen molar-refractivity contribution in [1.82, 2.24) is 10.2 Å². The number of allylic oxidation sites excluding steroid dienone is 4. The van der Waals surface area contributed by atoms with Crippen LogP contribution in [-0.2, 0) is 9.13 Å². The van der Waals surface area contributed by atoms with Gasteiger partial charge < -0.3 is 20.3 Å². The van der Waals surface area contributed by atoms with E-state index in [9.17, 15) is 28.4 Å². The van der Waals surface area contributed by atoms with Gasteiger partial charge in [0.25, 0.3) is 11.8 Å². The Bertz CT molecular complexity index is 1030. The normalized spacial score (nSPS) is 19.0. The Morgan fingerprint density at radius 3 is 2.56 bits per heavy atom. The Labute approximate surface area is 194 Å². The summed E-state index contributed by atoms with van der Waals surface area (Å²) in [7, 11) is -1.62. The summed E-state index contributed by atoms with van der Waals surface area (Å²) in [5, 5.41) is 21.1.